The van der Waals surface area contributed by atoms with Crippen molar-refractivity contribution in [3.05, 3.63) is 12.2 Å². The summed E-state index contributed by atoms with van der Waals surface area (Å²) in [6, 6.07) is -0.966. The Balaban J connectivity index is 1.48. The van der Waals surface area contributed by atoms with Crippen LogP contribution in [0, 0.1) is 0 Å². The van der Waals surface area contributed by atoms with Crippen molar-refractivity contribution >= 4 is 5.91 Å². The lowest BCUT2D eigenvalue weighted by molar-refractivity contribution is -0.364. The van der Waals surface area contributed by atoms with Crippen LogP contribution >= 0.6 is 0 Å². The van der Waals surface area contributed by atoms with Crippen LogP contribution in [0.15, 0.2) is 12.2 Å². The van der Waals surface area contributed by atoms with Gasteiger partial charge in [0.2, 0.25) is 5.91 Å². The van der Waals surface area contributed by atoms with Gasteiger partial charge in [-0.15, -0.1) is 0 Å². The summed E-state index contributed by atoms with van der Waals surface area (Å²) in [4.78, 5) is 13.3. The molecule has 12 N–H and O–H groups in total. The number of hydrogen-bond acceptors (Lipinski definition) is 18. The number of ether oxygens (including phenoxy) is 6. The minimum atomic E-state index is -1.89. The minimum Gasteiger partial charge on any atom is -0.394 e. The van der Waals surface area contributed by atoms with E-state index in [4.69, 9.17) is 28.4 Å². The Morgan fingerprint density at radius 3 is 1.34 bits per heavy atom. The summed E-state index contributed by atoms with van der Waals surface area (Å²) in [5, 5.41) is 119. The van der Waals surface area contributed by atoms with Crippen molar-refractivity contribution in [2.24, 2.45) is 0 Å². The van der Waals surface area contributed by atoms with E-state index in [0.29, 0.717) is 6.42 Å². The minimum absolute atomic E-state index is 0.249. The van der Waals surface area contributed by atoms with Gasteiger partial charge in [-0.2, -0.15) is 0 Å². The maximum absolute atomic E-state index is 13.3. The zero-order chi connectivity index (χ0) is 56.2. The molecule has 77 heavy (non-hydrogen) atoms. The van der Waals surface area contributed by atoms with Crippen molar-refractivity contribution in [2.45, 2.75) is 324 Å². The summed E-state index contributed by atoms with van der Waals surface area (Å²) in [5.41, 5.74) is 0. The lowest BCUT2D eigenvalue weighted by Gasteiger charge is -2.46. The van der Waals surface area contributed by atoms with E-state index in [-0.39, 0.29) is 18.9 Å². The number of hydrogen-bond donors (Lipinski definition) is 12. The topological polar surface area (TPSA) is 307 Å². The monoisotopic (exact) mass is 1110 g/mol. The highest BCUT2D eigenvalue weighted by atomic mass is 16.8. The van der Waals surface area contributed by atoms with Crippen LogP contribution in [0.4, 0.5) is 0 Å². The second-order valence-electron chi connectivity index (χ2n) is 22.2. The van der Waals surface area contributed by atoms with E-state index in [1.54, 1.807) is 6.08 Å². The highest BCUT2D eigenvalue weighted by molar-refractivity contribution is 5.76. The molecule has 17 unspecified atom stereocenters. The van der Waals surface area contributed by atoms with Crippen molar-refractivity contribution in [3.8, 4) is 0 Å². The Morgan fingerprint density at radius 2 is 0.857 bits per heavy atom. The molecule has 1 amide bonds. The van der Waals surface area contributed by atoms with E-state index in [1.165, 1.54) is 148 Å². The van der Waals surface area contributed by atoms with Crippen molar-refractivity contribution in [1.29, 1.82) is 0 Å². The van der Waals surface area contributed by atoms with Crippen LogP contribution in [-0.2, 0) is 33.2 Å². The summed E-state index contributed by atoms with van der Waals surface area (Å²) < 4.78 is 34.1. The lowest BCUT2D eigenvalue weighted by Crippen LogP contribution is -2.65. The number of nitrogens with one attached hydrogen (secondary N) is 1. The van der Waals surface area contributed by atoms with E-state index in [9.17, 15) is 61.0 Å². The number of amides is 1. The predicted molar refractivity (Wildman–Crippen MR) is 291 cm³/mol. The number of carbonyl (C=O) groups is 1. The molecule has 3 heterocycles. The van der Waals surface area contributed by atoms with Crippen molar-refractivity contribution in [1.82, 2.24) is 5.32 Å². The molecule has 0 aliphatic carbocycles. The van der Waals surface area contributed by atoms with Crippen LogP contribution in [0.1, 0.15) is 219 Å². The SMILES string of the molecule is CCCCCCCCCCCCCC=CC(O)C(COC1OC(COC2OC(CO)C(OC3OC(CO)C(O)C(O)C3O)C(O)C2O)C(O)C(O)C1O)NC(=O)CCCCCCCCCCCCCCCCCCCCC. The normalized spacial score (nSPS) is 30.7. The first-order valence-electron chi connectivity index (χ1n) is 30.4. The fourth-order valence-corrected chi connectivity index (χ4v) is 10.4. The maximum Gasteiger partial charge on any atom is 0.220 e. The third-order valence-corrected chi connectivity index (χ3v) is 15.6. The van der Waals surface area contributed by atoms with Crippen molar-refractivity contribution in [2.75, 3.05) is 26.4 Å². The van der Waals surface area contributed by atoms with Crippen molar-refractivity contribution < 1.29 is 89.4 Å². The zero-order valence-corrected chi connectivity index (χ0v) is 47.2. The molecule has 3 fully saturated rings. The summed E-state index contributed by atoms with van der Waals surface area (Å²) >= 11 is 0. The van der Waals surface area contributed by atoms with Crippen LogP contribution in [-0.4, -0.2) is 193 Å². The highest BCUT2D eigenvalue weighted by Crippen LogP contribution is 2.31. The molecule has 3 saturated heterocycles. The molecular formula is C58H109NO18. The number of allylic oxidation sites excluding steroid dienone is 1. The Kier molecular flexibility index (Phi) is 38.4. The average molecular weight is 1110 g/mol. The van der Waals surface area contributed by atoms with Gasteiger partial charge in [-0.25, -0.2) is 0 Å². The molecule has 3 aliphatic heterocycles. The Bertz CT molecular complexity index is 1470. The Hall–Kier alpha value is -1.47. The van der Waals surface area contributed by atoms with Gasteiger partial charge in [0, 0.05) is 6.42 Å². The first kappa shape index (κ1) is 69.8. The standard InChI is InChI=1S/C58H109NO18/c1-3-5-7-9-11-13-15-17-18-19-20-21-22-24-26-28-30-32-34-36-46(63)59-41(42(62)35-33-31-29-27-25-23-16-14-12-10-8-6-4-2)39-72-56-52(69)50(67)48(65)45(76-56)40-73-57-54(71)51(68)55(44(38-61)75-57)77-58-53(70)49(66)47(64)43(37-60)74-58/h33,35,41-45,47-58,60-62,64-71H,3-32,34,36-40H2,1-2H3,(H,59,63). The number of rotatable bonds is 45. The van der Waals surface area contributed by atoms with Gasteiger partial charge in [-0.3, -0.25) is 4.79 Å². The Morgan fingerprint density at radius 1 is 0.468 bits per heavy atom. The Labute approximate surface area is 461 Å². The molecule has 0 aromatic heterocycles. The largest absolute Gasteiger partial charge is 0.394 e. The smallest absolute Gasteiger partial charge is 0.220 e. The third kappa shape index (κ3) is 27.0. The molecule has 19 nitrogen and oxygen atoms in total. The van der Waals surface area contributed by atoms with E-state index < -0.39 is 124 Å². The summed E-state index contributed by atoms with van der Waals surface area (Å²) in [6.45, 7) is 1.96. The summed E-state index contributed by atoms with van der Waals surface area (Å²) in [7, 11) is 0. The second-order valence-corrected chi connectivity index (χ2v) is 22.2. The number of aliphatic hydroxyl groups is 11. The van der Waals surface area contributed by atoms with Gasteiger partial charge in [-0.1, -0.05) is 206 Å². The predicted octanol–water partition coefficient (Wildman–Crippen LogP) is 5.38. The van der Waals surface area contributed by atoms with Gasteiger partial charge in [0.05, 0.1) is 38.6 Å². The van der Waals surface area contributed by atoms with Gasteiger partial charge in [0.1, 0.15) is 73.2 Å². The lowest BCUT2D eigenvalue weighted by atomic mass is 9.97. The van der Waals surface area contributed by atoms with Crippen LogP contribution in [0.3, 0.4) is 0 Å². The van der Waals surface area contributed by atoms with Gasteiger partial charge < -0.3 is 89.9 Å². The van der Waals surface area contributed by atoms with Gasteiger partial charge in [0.25, 0.3) is 0 Å². The fourth-order valence-electron chi connectivity index (χ4n) is 10.4. The highest BCUT2D eigenvalue weighted by Gasteiger charge is 2.52. The molecule has 0 bridgehead atoms. The number of carbonyl (C=O) groups excluding carboxylic acids is 1. The molecule has 0 spiro atoms. The van der Waals surface area contributed by atoms with Crippen LogP contribution in [0.25, 0.3) is 0 Å². The maximum atomic E-state index is 13.3. The molecule has 0 saturated carbocycles. The quantitative estimate of drug-likeness (QED) is 0.0269. The molecule has 0 aromatic carbocycles. The molecule has 0 radical (unpaired) electrons. The van der Waals surface area contributed by atoms with Crippen LogP contribution in [0.5, 0.6) is 0 Å². The first-order valence-corrected chi connectivity index (χ1v) is 30.4. The van der Waals surface area contributed by atoms with Gasteiger partial charge >= 0.3 is 0 Å². The van der Waals surface area contributed by atoms with Crippen molar-refractivity contribution in [3.63, 3.8) is 0 Å². The van der Waals surface area contributed by atoms with Gasteiger partial charge in [-0.05, 0) is 19.3 Å². The fraction of sp³-hybridized carbons (Fsp3) is 0.948. The number of aliphatic hydroxyl groups excluding tert-OH is 11. The van der Waals surface area contributed by atoms with Crippen LogP contribution < -0.4 is 5.32 Å². The molecule has 17 atom stereocenters. The van der Waals surface area contributed by atoms with E-state index >= 15 is 0 Å². The average Bonchev–Trinajstić information content (AvgIpc) is 3.44. The van der Waals surface area contributed by atoms with E-state index in [2.05, 4.69) is 19.2 Å². The molecule has 3 rings (SSSR count). The molecular weight excluding hydrogens is 999 g/mol. The molecule has 0 aromatic rings. The molecule has 19 heteroatoms. The van der Waals surface area contributed by atoms with Crippen LogP contribution in [0.2, 0.25) is 0 Å². The summed E-state index contributed by atoms with van der Waals surface area (Å²) in [6.07, 6.45) is 15.2. The first-order chi connectivity index (χ1) is 37.3. The molecule has 3 aliphatic rings. The van der Waals surface area contributed by atoms with Gasteiger partial charge in [0.15, 0.2) is 18.9 Å². The third-order valence-electron chi connectivity index (χ3n) is 15.6. The second kappa shape index (κ2) is 42.4. The van der Waals surface area contributed by atoms with E-state index in [0.717, 1.165) is 44.9 Å². The van der Waals surface area contributed by atoms with E-state index in [1.807, 2.05) is 6.08 Å². The zero-order valence-electron chi connectivity index (χ0n) is 47.2. The molecule has 454 valence electrons. The summed E-state index contributed by atoms with van der Waals surface area (Å²) in [5.74, 6) is -0.273. The number of unbranched alkanes of at least 4 members (excludes halogenated alkanes) is 29.